The molecule has 0 heterocycles. The predicted octanol–water partition coefficient (Wildman–Crippen LogP) is 4.18. The second-order valence-corrected chi connectivity index (χ2v) is 5.54. The van der Waals surface area contributed by atoms with E-state index in [0.29, 0.717) is 39.2 Å². The lowest BCUT2D eigenvalue weighted by Crippen LogP contribution is -2.20. The average Bonchev–Trinajstić information content (AvgIpc) is 2.50. The zero-order valence-electron chi connectivity index (χ0n) is 12.4. The van der Waals surface area contributed by atoms with E-state index in [1.54, 1.807) is 43.5 Å². The number of methoxy groups -OCH3 is 1. The van der Waals surface area contributed by atoms with Gasteiger partial charge in [0.05, 0.1) is 7.11 Å². The van der Waals surface area contributed by atoms with Gasteiger partial charge in [0, 0.05) is 34.1 Å². The van der Waals surface area contributed by atoms with E-state index >= 15 is 0 Å². The Hall–Kier alpha value is -1.95. The van der Waals surface area contributed by atoms with E-state index in [1.165, 1.54) is 0 Å². The van der Waals surface area contributed by atoms with E-state index in [0.717, 1.165) is 0 Å². The molecule has 0 saturated heterocycles. The van der Waals surface area contributed by atoms with Gasteiger partial charge in [0.25, 0.3) is 0 Å². The van der Waals surface area contributed by atoms with Crippen molar-refractivity contribution in [3.8, 4) is 5.75 Å². The van der Waals surface area contributed by atoms with Crippen LogP contribution in [0.2, 0.25) is 10.0 Å². The molecule has 2 aromatic carbocycles. The fourth-order valence-corrected chi connectivity index (χ4v) is 2.65. The maximum absolute atomic E-state index is 12.1. The van der Waals surface area contributed by atoms with Gasteiger partial charge in [-0.25, -0.2) is 4.79 Å². The van der Waals surface area contributed by atoms with Crippen LogP contribution in [0, 0.1) is 0 Å². The predicted molar refractivity (Wildman–Crippen MR) is 92.9 cm³/mol. The van der Waals surface area contributed by atoms with Crippen molar-refractivity contribution >= 4 is 40.6 Å². The van der Waals surface area contributed by atoms with Crippen molar-refractivity contribution in [2.24, 2.45) is 0 Å². The first-order valence-corrected chi connectivity index (χ1v) is 7.60. The third kappa shape index (κ3) is 4.76. The molecule has 0 spiro atoms. The number of rotatable bonds is 5. The highest BCUT2D eigenvalue weighted by Crippen LogP contribution is 2.30. The fraction of sp³-hybridized carbons (Fsp3) is 0.188. The van der Waals surface area contributed by atoms with Crippen molar-refractivity contribution in [1.82, 2.24) is 0 Å². The summed E-state index contributed by atoms with van der Waals surface area (Å²) < 4.78 is 5.10. The molecule has 0 atom stereocenters. The summed E-state index contributed by atoms with van der Waals surface area (Å²) in [5.41, 5.74) is 1.66. The quantitative estimate of drug-likeness (QED) is 0.754. The first kappa shape index (κ1) is 17.4. The molecular formula is C16H16Cl2N2O3. The first-order valence-electron chi connectivity index (χ1n) is 6.84. The lowest BCUT2D eigenvalue weighted by molar-refractivity contribution is 0.262. The largest absolute Gasteiger partial charge is 0.497 e. The molecule has 23 heavy (non-hydrogen) atoms. The summed E-state index contributed by atoms with van der Waals surface area (Å²) in [7, 11) is 1.55. The number of hydrogen-bond donors (Lipinski definition) is 3. The second kappa shape index (κ2) is 8.06. The number of ether oxygens (including phenoxy) is 1. The molecule has 2 amide bonds. The number of amides is 2. The Morgan fingerprint density at radius 2 is 2.00 bits per heavy atom. The lowest BCUT2D eigenvalue weighted by Gasteiger charge is -2.14. The number of aliphatic hydroxyl groups is 1. The molecule has 0 aliphatic carbocycles. The molecule has 2 aromatic rings. The Balaban J connectivity index is 2.16. The maximum Gasteiger partial charge on any atom is 0.323 e. The average molecular weight is 355 g/mol. The normalized spacial score (nSPS) is 10.3. The maximum atomic E-state index is 12.1. The van der Waals surface area contributed by atoms with Crippen molar-refractivity contribution in [3.63, 3.8) is 0 Å². The molecular weight excluding hydrogens is 339 g/mol. The highest BCUT2D eigenvalue weighted by atomic mass is 35.5. The summed E-state index contributed by atoms with van der Waals surface area (Å²) in [6, 6.07) is 9.68. The Morgan fingerprint density at radius 1 is 1.22 bits per heavy atom. The Bertz CT molecular complexity index is 708. The Morgan fingerprint density at radius 3 is 2.70 bits per heavy atom. The summed E-state index contributed by atoms with van der Waals surface area (Å²) in [6.07, 6.45) is 0.310. The number of benzene rings is 2. The zero-order valence-corrected chi connectivity index (χ0v) is 13.9. The minimum absolute atomic E-state index is 0.0897. The molecule has 0 aromatic heterocycles. The molecule has 0 fully saturated rings. The van der Waals surface area contributed by atoms with Crippen LogP contribution < -0.4 is 15.4 Å². The molecule has 0 unspecified atom stereocenters. The number of urea groups is 1. The Labute approximate surface area is 144 Å². The van der Waals surface area contributed by atoms with Gasteiger partial charge in [-0.15, -0.1) is 0 Å². The van der Waals surface area contributed by atoms with Crippen molar-refractivity contribution < 1.29 is 14.6 Å². The lowest BCUT2D eigenvalue weighted by atomic mass is 10.1. The van der Waals surface area contributed by atoms with Crippen LogP contribution >= 0.6 is 23.2 Å². The van der Waals surface area contributed by atoms with Gasteiger partial charge in [-0.1, -0.05) is 29.3 Å². The Kier molecular flexibility index (Phi) is 6.10. The van der Waals surface area contributed by atoms with Gasteiger partial charge in [-0.2, -0.15) is 0 Å². The molecule has 5 nitrogen and oxygen atoms in total. The third-order valence-electron chi connectivity index (χ3n) is 3.10. The monoisotopic (exact) mass is 354 g/mol. The minimum Gasteiger partial charge on any atom is -0.497 e. The van der Waals surface area contributed by atoms with E-state index in [2.05, 4.69) is 10.6 Å². The van der Waals surface area contributed by atoms with E-state index < -0.39 is 6.03 Å². The van der Waals surface area contributed by atoms with Crippen LogP contribution in [-0.2, 0) is 6.42 Å². The topological polar surface area (TPSA) is 70.6 Å². The van der Waals surface area contributed by atoms with Crippen LogP contribution in [0.4, 0.5) is 16.2 Å². The number of aliphatic hydroxyl groups excluding tert-OH is 1. The van der Waals surface area contributed by atoms with Crippen LogP contribution in [0.1, 0.15) is 5.56 Å². The summed E-state index contributed by atoms with van der Waals surface area (Å²) in [6.45, 7) is -0.0897. The van der Waals surface area contributed by atoms with Gasteiger partial charge >= 0.3 is 6.03 Å². The van der Waals surface area contributed by atoms with Crippen LogP contribution in [0.5, 0.6) is 5.75 Å². The molecule has 2 rings (SSSR count). The van der Waals surface area contributed by atoms with Crippen LogP contribution in [-0.4, -0.2) is 24.9 Å². The molecule has 7 heteroatoms. The number of nitrogens with one attached hydrogen (secondary N) is 2. The van der Waals surface area contributed by atoms with E-state index in [-0.39, 0.29) is 6.61 Å². The SMILES string of the molecule is COc1cccc(NC(=O)Nc2cc(Cl)cc(Cl)c2CCO)c1. The molecule has 122 valence electrons. The summed E-state index contributed by atoms with van der Waals surface area (Å²) in [4.78, 5) is 12.1. The highest BCUT2D eigenvalue weighted by Gasteiger charge is 2.12. The molecule has 3 N–H and O–H groups in total. The van der Waals surface area contributed by atoms with Crippen molar-refractivity contribution in [1.29, 1.82) is 0 Å². The van der Waals surface area contributed by atoms with E-state index in [4.69, 9.17) is 33.0 Å². The first-order chi connectivity index (χ1) is 11.0. The summed E-state index contributed by atoms with van der Waals surface area (Å²) in [5.74, 6) is 0.634. The van der Waals surface area contributed by atoms with Crippen molar-refractivity contribution in [3.05, 3.63) is 52.0 Å². The molecule has 0 saturated carbocycles. The van der Waals surface area contributed by atoms with Gasteiger partial charge in [0.1, 0.15) is 5.75 Å². The number of halogens is 2. The zero-order chi connectivity index (χ0) is 16.8. The second-order valence-electron chi connectivity index (χ2n) is 4.70. The van der Waals surface area contributed by atoms with E-state index in [9.17, 15) is 4.79 Å². The van der Waals surface area contributed by atoms with Crippen LogP contribution in [0.3, 0.4) is 0 Å². The van der Waals surface area contributed by atoms with Crippen molar-refractivity contribution in [2.75, 3.05) is 24.4 Å². The number of hydrogen-bond acceptors (Lipinski definition) is 3. The highest BCUT2D eigenvalue weighted by molar-refractivity contribution is 6.35. The van der Waals surface area contributed by atoms with Crippen LogP contribution in [0.25, 0.3) is 0 Å². The number of carbonyl (C=O) groups is 1. The number of carbonyl (C=O) groups excluding carboxylic acids is 1. The molecule has 0 radical (unpaired) electrons. The molecule has 0 aliphatic rings. The summed E-state index contributed by atoms with van der Waals surface area (Å²) in [5, 5.41) is 15.3. The third-order valence-corrected chi connectivity index (χ3v) is 3.65. The van der Waals surface area contributed by atoms with Gasteiger partial charge in [-0.05, 0) is 36.2 Å². The number of anilines is 2. The minimum atomic E-state index is -0.448. The van der Waals surface area contributed by atoms with Gasteiger partial charge in [-0.3, -0.25) is 0 Å². The van der Waals surface area contributed by atoms with Gasteiger partial charge < -0.3 is 20.5 Å². The smallest absolute Gasteiger partial charge is 0.323 e. The standard InChI is InChI=1S/C16H16Cl2N2O3/c1-23-12-4-2-3-11(9-12)19-16(22)20-15-8-10(17)7-14(18)13(15)5-6-21/h2-4,7-9,21H,5-6H2,1H3,(H2,19,20,22). The van der Waals surface area contributed by atoms with E-state index in [1.807, 2.05) is 0 Å². The summed E-state index contributed by atoms with van der Waals surface area (Å²) >= 11 is 12.1. The molecule has 0 bridgehead atoms. The fourth-order valence-electron chi connectivity index (χ4n) is 2.07. The van der Waals surface area contributed by atoms with Crippen LogP contribution in [0.15, 0.2) is 36.4 Å². The van der Waals surface area contributed by atoms with Gasteiger partial charge in [0.15, 0.2) is 0 Å². The van der Waals surface area contributed by atoms with Crippen molar-refractivity contribution in [2.45, 2.75) is 6.42 Å². The molecule has 0 aliphatic heterocycles. The van der Waals surface area contributed by atoms with Gasteiger partial charge in [0.2, 0.25) is 0 Å².